The van der Waals surface area contributed by atoms with E-state index >= 15 is 0 Å². The van der Waals surface area contributed by atoms with Crippen LogP contribution in [0, 0.1) is 5.41 Å². The average molecular weight is 300 g/mol. The van der Waals surface area contributed by atoms with Crippen molar-refractivity contribution < 1.29 is 4.74 Å². The third-order valence-electron chi connectivity index (χ3n) is 3.13. The molecule has 1 aromatic rings. The molecular formula is C14H22BrNO. The van der Waals surface area contributed by atoms with E-state index in [9.17, 15) is 0 Å². The molecule has 0 heterocycles. The molecular weight excluding hydrogens is 278 g/mol. The highest BCUT2D eigenvalue weighted by molar-refractivity contribution is 9.10. The van der Waals surface area contributed by atoms with Crippen LogP contribution in [0.25, 0.3) is 0 Å². The molecule has 0 aromatic heterocycles. The maximum absolute atomic E-state index is 5.23. The number of hydrogen-bond acceptors (Lipinski definition) is 2. The van der Waals surface area contributed by atoms with Gasteiger partial charge in [-0.15, -0.1) is 0 Å². The van der Waals surface area contributed by atoms with Crippen LogP contribution in [0.15, 0.2) is 22.7 Å². The topological polar surface area (TPSA) is 21.3 Å². The summed E-state index contributed by atoms with van der Waals surface area (Å²) in [6.45, 7) is 8.67. The first kappa shape index (κ1) is 14.5. The zero-order valence-electron chi connectivity index (χ0n) is 11.1. The van der Waals surface area contributed by atoms with Gasteiger partial charge in [0.1, 0.15) is 5.75 Å². The Morgan fingerprint density at radius 1 is 1.35 bits per heavy atom. The molecule has 0 radical (unpaired) electrons. The first-order valence-electron chi connectivity index (χ1n) is 6.01. The van der Waals surface area contributed by atoms with E-state index in [4.69, 9.17) is 4.74 Å². The maximum atomic E-state index is 5.23. The van der Waals surface area contributed by atoms with E-state index in [0.29, 0.717) is 5.41 Å². The van der Waals surface area contributed by atoms with Crippen LogP contribution in [0.4, 0.5) is 0 Å². The third-order valence-corrected chi connectivity index (χ3v) is 3.90. The highest BCUT2D eigenvalue weighted by Crippen LogP contribution is 2.23. The fourth-order valence-corrected chi connectivity index (χ4v) is 1.86. The van der Waals surface area contributed by atoms with Crippen molar-refractivity contribution in [3.8, 4) is 5.75 Å². The van der Waals surface area contributed by atoms with E-state index in [1.54, 1.807) is 7.11 Å². The number of ether oxygens (including phenoxy) is 1. The Morgan fingerprint density at radius 3 is 2.65 bits per heavy atom. The smallest absolute Gasteiger partial charge is 0.119 e. The summed E-state index contributed by atoms with van der Waals surface area (Å²) in [4.78, 5) is 0. The van der Waals surface area contributed by atoms with Gasteiger partial charge in [-0.25, -0.2) is 0 Å². The molecule has 1 aromatic carbocycles. The summed E-state index contributed by atoms with van der Waals surface area (Å²) >= 11 is 3.56. The van der Waals surface area contributed by atoms with Crippen molar-refractivity contribution >= 4 is 15.9 Å². The van der Waals surface area contributed by atoms with Gasteiger partial charge in [0.2, 0.25) is 0 Å². The second-order valence-electron chi connectivity index (χ2n) is 5.08. The lowest BCUT2D eigenvalue weighted by atomic mass is 9.90. The molecule has 17 heavy (non-hydrogen) atoms. The molecule has 0 saturated carbocycles. The van der Waals surface area contributed by atoms with E-state index in [-0.39, 0.29) is 0 Å². The van der Waals surface area contributed by atoms with E-state index in [2.05, 4.69) is 48.1 Å². The van der Waals surface area contributed by atoms with Crippen LogP contribution >= 0.6 is 15.9 Å². The molecule has 0 unspecified atom stereocenters. The lowest BCUT2D eigenvalue weighted by Crippen LogP contribution is -2.28. The van der Waals surface area contributed by atoms with Crippen LogP contribution in [0.5, 0.6) is 5.75 Å². The highest BCUT2D eigenvalue weighted by Gasteiger charge is 2.14. The van der Waals surface area contributed by atoms with Crippen LogP contribution in [0.2, 0.25) is 0 Å². The molecule has 96 valence electrons. The van der Waals surface area contributed by atoms with Crippen LogP contribution in [-0.2, 0) is 6.54 Å². The molecule has 0 spiro atoms. The minimum atomic E-state index is 0.353. The number of hydrogen-bond donors (Lipinski definition) is 1. The summed E-state index contributed by atoms with van der Waals surface area (Å²) in [5.74, 6) is 0.903. The zero-order chi connectivity index (χ0) is 12.9. The van der Waals surface area contributed by atoms with E-state index in [1.165, 1.54) is 12.0 Å². The summed E-state index contributed by atoms with van der Waals surface area (Å²) in [7, 11) is 1.70. The first-order valence-corrected chi connectivity index (χ1v) is 6.81. The van der Waals surface area contributed by atoms with Crippen molar-refractivity contribution in [2.24, 2.45) is 5.41 Å². The lowest BCUT2D eigenvalue weighted by molar-refractivity contribution is 0.327. The van der Waals surface area contributed by atoms with Crippen molar-refractivity contribution in [2.75, 3.05) is 13.7 Å². The Morgan fingerprint density at radius 2 is 2.06 bits per heavy atom. The van der Waals surface area contributed by atoms with Gasteiger partial charge in [-0.05, 0) is 35.6 Å². The van der Waals surface area contributed by atoms with Crippen molar-refractivity contribution in [3.63, 3.8) is 0 Å². The largest absolute Gasteiger partial charge is 0.497 e. The predicted octanol–water partition coefficient (Wildman–Crippen LogP) is 3.98. The molecule has 0 bridgehead atoms. The van der Waals surface area contributed by atoms with Gasteiger partial charge in [0, 0.05) is 17.6 Å². The molecule has 0 aliphatic heterocycles. The Hall–Kier alpha value is -0.540. The molecule has 1 rings (SSSR count). The van der Waals surface area contributed by atoms with E-state index < -0.39 is 0 Å². The summed E-state index contributed by atoms with van der Waals surface area (Å²) in [5.41, 5.74) is 1.59. The summed E-state index contributed by atoms with van der Waals surface area (Å²) < 4.78 is 6.35. The van der Waals surface area contributed by atoms with Crippen molar-refractivity contribution in [3.05, 3.63) is 28.2 Å². The number of rotatable bonds is 6. The van der Waals surface area contributed by atoms with Crippen molar-refractivity contribution in [2.45, 2.75) is 33.7 Å². The second kappa shape index (κ2) is 6.41. The standard InChI is InChI=1S/C14H22BrNO/c1-5-14(2,3)10-16-9-11-8-12(17-4)6-7-13(11)15/h6-8,16H,5,9-10H2,1-4H3. The Kier molecular flexibility index (Phi) is 5.47. The fourth-order valence-electron chi connectivity index (χ4n) is 1.47. The SMILES string of the molecule is CCC(C)(C)CNCc1cc(OC)ccc1Br. The van der Waals surface area contributed by atoms with Gasteiger partial charge in [0.05, 0.1) is 7.11 Å². The van der Waals surface area contributed by atoms with Gasteiger partial charge < -0.3 is 10.1 Å². The quantitative estimate of drug-likeness (QED) is 0.858. The second-order valence-corrected chi connectivity index (χ2v) is 5.93. The van der Waals surface area contributed by atoms with Gasteiger partial charge in [-0.3, -0.25) is 0 Å². The Labute approximate surface area is 113 Å². The molecule has 2 nitrogen and oxygen atoms in total. The molecule has 0 saturated heterocycles. The molecule has 0 aliphatic carbocycles. The van der Waals surface area contributed by atoms with Gasteiger partial charge in [0.25, 0.3) is 0 Å². The average Bonchev–Trinajstić information content (AvgIpc) is 2.31. The van der Waals surface area contributed by atoms with Crippen molar-refractivity contribution in [1.29, 1.82) is 0 Å². The minimum absolute atomic E-state index is 0.353. The molecule has 0 atom stereocenters. The van der Waals surface area contributed by atoms with Crippen LogP contribution in [0.1, 0.15) is 32.8 Å². The monoisotopic (exact) mass is 299 g/mol. The molecule has 0 amide bonds. The summed E-state index contributed by atoms with van der Waals surface area (Å²) in [6, 6.07) is 6.06. The summed E-state index contributed by atoms with van der Waals surface area (Å²) in [5, 5.41) is 3.50. The number of halogens is 1. The third kappa shape index (κ3) is 4.68. The van der Waals surface area contributed by atoms with E-state index in [1.807, 2.05) is 12.1 Å². The van der Waals surface area contributed by atoms with Crippen LogP contribution in [-0.4, -0.2) is 13.7 Å². The van der Waals surface area contributed by atoms with E-state index in [0.717, 1.165) is 23.3 Å². The first-order chi connectivity index (χ1) is 7.98. The fraction of sp³-hybridized carbons (Fsp3) is 0.571. The highest BCUT2D eigenvalue weighted by atomic mass is 79.9. The normalized spacial score (nSPS) is 11.6. The molecule has 0 fully saturated rings. The number of methoxy groups -OCH3 is 1. The van der Waals surface area contributed by atoms with Crippen LogP contribution < -0.4 is 10.1 Å². The molecule has 3 heteroatoms. The number of benzene rings is 1. The van der Waals surface area contributed by atoms with Gasteiger partial charge in [0.15, 0.2) is 0 Å². The lowest BCUT2D eigenvalue weighted by Gasteiger charge is -2.23. The molecule has 1 N–H and O–H groups in total. The van der Waals surface area contributed by atoms with Gasteiger partial charge in [-0.1, -0.05) is 36.7 Å². The van der Waals surface area contributed by atoms with Gasteiger partial charge >= 0.3 is 0 Å². The predicted molar refractivity (Wildman–Crippen MR) is 76.5 cm³/mol. The number of nitrogens with one attached hydrogen (secondary N) is 1. The minimum Gasteiger partial charge on any atom is -0.497 e. The van der Waals surface area contributed by atoms with Crippen LogP contribution in [0.3, 0.4) is 0 Å². The zero-order valence-corrected chi connectivity index (χ0v) is 12.7. The molecule has 0 aliphatic rings. The van der Waals surface area contributed by atoms with Crippen molar-refractivity contribution in [1.82, 2.24) is 5.32 Å². The summed E-state index contributed by atoms with van der Waals surface area (Å²) in [6.07, 6.45) is 1.18. The van der Waals surface area contributed by atoms with Gasteiger partial charge in [-0.2, -0.15) is 0 Å². The Balaban J connectivity index is 2.57. The maximum Gasteiger partial charge on any atom is 0.119 e. The Bertz CT molecular complexity index is 363.